The summed E-state index contributed by atoms with van der Waals surface area (Å²) < 4.78 is 11.5. The lowest BCUT2D eigenvalue weighted by molar-refractivity contribution is 0.0786. The number of aromatic nitrogens is 4. The van der Waals surface area contributed by atoms with Gasteiger partial charge in [0.05, 0.1) is 36.8 Å². The smallest absolute Gasteiger partial charge is 0.138 e. The van der Waals surface area contributed by atoms with Crippen molar-refractivity contribution in [1.82, 2.24) is 29.7 Å². The Morgan fingerprint density at radius 1 is 0.741 bits per heavy atom. The number of hydrogen-bond acceptors (Lipinski definition) is 12. The van der Waals surface area contributed by atoms with Crippen LogP contribution in [-0.2, 0) is 29.1 Å². The third kappa shape index (κ3) is 9.43. The van der Waals surface area contributed by atoms with Crippen LogP contribution in [-0.4, -0.2) is 94.2 Å². The van der Waals surface area contributed by atoms with Gasteiger partial charge in [0.25, 0.3) is 0 Å². The van der Waals surface area contributed by atoms with Gasteiger partial charge in [-0.3, -0.25) is 0 Å². The average molecular weight is 830 g/mol. The Morgan fingerprint density at radius 2 is 1.28 bits per heavy atom. The van der Waals surface area contributed by atoms with Crippen LogP contribution in [0.15, 0.2) is 85.7 Å². The molecule has 12 nitrogen and oxygen atoms in total. The van der Waals surface area contributed by atoms with Crippen LogP contribution in [0.25, 0.3) is 0 Å². The number of halogens is 2. The molecule has 0 spiro atoms. The quantitative estimate of drug-likeness (QED) is 0.170. The first-order valence-electron chi connectivity index (χ1n) is 19.8. The van der Waals surface area contributed by atoms with Crippen molar-refractivity contribution in [1.29, 1.82) is 0 Å². The molecular formula is C44H58Cl2N10O2. The molecule has 2 fully saturated rings. The maximum absolute atomic E-state index is 6.48. The maximum atomic E-state index is 6.48. The van der Waals surface area contributed by atoms with Gasteiger partial charge in [0, 0.05) is 103 Å². The third-order valence-electron chi connectivity index (χ3n) is 11.6. The van der Waals surface area contributed by atoms with Crippen molar-refractivity contribution in [2.45, 2.75) is 78.0 Å². The van der Waals surface area contributed by atoms with Crippen LogP contribution >= 0.6 is 23.2 Å². The fourth-order valence-corrected chi connectivity index (χ4v) is 8.56. The van der Waals surface area contributed by atoms with Gasteiger partial charge >= 0.3 is 0 Å². The van der Waals surface area contributed by atoms with Gasteiger partial charge in [-0.1, -0.05) is 68.1 Å². The highest BCUT2D eigenvalue weighted by atomic mass is 35.5. The van der Waals surface area contributed by atoms with Crippen molar-refractivity contribution >= 4 is 34.8 Å². The van der Waals surface area contributed by atoms with Crippen LogP contribution < -0.4 is 21.3 Å². The van der Waals surface area contributed by atoms with E-state index in [1.165, 1.54) is 5.56 Å². The number of ether oxygens (including phenoxy) is 2. The molecule has 0 aliphatic carbocycles. The summed E-state index contributed by atoms with van der Waals surface area (Å²) >= 11 is 12.0. The third-order valence-corrected chi connectivity index (χ3v) is 12.1. The summed E-state index contributed by atoms with van der Waals surface area (Å²) in [6.45, 7) is 22.8. The van der Waals surface area contributed by atoms with E-state index in [2.05, 4.69) is 73.5 Å². The van der Waals surface area contributed by atoms with Crippen LogP contribution in [0.1, 0.15) is 80.0 Å². The van der Waals surface area contributed by atoms with Gasteiger partial charge in [0.15, 0.2) is 0 Å². The standard InChI is InChI=1S/C22H28ClN5O.C21H26ClN5O.CH4/c1-14-11-27(15(2)19(24)10-17-4-6-18(23)7-5-17)8-9-28(14)22-21-16(3)29-12-20(21)25-13-26-22;1-14(18(11-23)16-3-5-17(22)6-4-16)26-7-9-27(10-8-26)21-20-15(2)28-12-19(20)24-13-25-21;/h4-7,13-14,16,19H,2,8-12,24H2,1,3H3;3-6,13,15,18H,1,7-12,23H2,2H3;1H4/t14-,16?,19+;15-,18-;/m00./s1. The molecule has 4 aliphatic rings. The zero-order valence-corrected chi connectivity index (χ0v) is 34.7. The van der Waals surface area contributed by atoms with Crippen LogP contribution in [0.2, 0.25) is 10.0 Å². The Morgan fingerprint density at radius 3 is 1.84 bits per heavy atom. The highest BCUT2D eigenvalue weighted by molar-refractivity contribution is 6.30. The molecule has 0 radical (unpaired) electrons. The highest BCUT2D eigenvalue weighted by Crippen LogP contribution is 2.38. The Bertz CT molecular complexity index is 2030. The van der Waals surface area contributed by atoms with E-state index in [-0.39, 0.29) is 37.6 Å². The molecule has 4 aliphatic heterocycles. The predicted molar refractivity (Wildman–Crippen MR) is 234 cm³/mol. The second-order valence-corrected chi connectivity index (χ2v) is 16.1. The molecule has 0 bridgehead atoms. The molecule has 2 aromatic carbocycles. The molecule has 1 unspecified atom stereocenters. The summed E-state index contributed by atoms with van der Waals surface area (Å²) in [4.78, 5) is 27.3. The number of rotatable bonds is 10. The second-order valence-electron chi connectivity index (χ2n) is 15.2. The van der Waals surface area contributed by atoms with E-state index in [1.807, 2.05) is 48.5 Å². The summed E-state index contributed by atoms with van der Waals surface area (Å²) in [6.07, 6.45) is 4.13. The summed E-state index contributed by atoms with van der Waals surface area (Å²) in [6, 6.07) is 15.9. The average Bonchev–Trinajstić information content (AvgIpc) is 3.81. The monoisotopic (exact) mass is 828 g/mol. The maximum Gasteiger partial charge on any atom is 0.138 e. The number of piperazine rings is 2. The first-order chi connectivity index (χ1) is 27.5. The Hall–Kier alpha value is -4.30. The zero-order chi connectivity index (χ0) is 40.2. The molecule has 5 atom stereocenters. The molecule has 2 aromatic heterocycles. The number of benzene rings is 2. The summed E-state index contributed by atoms with van der Waals surface area (Å²) in [5, 5.41) is 1.47. The van der Waals surface area contributed by atoms with Crippen LogP contribution in [0, 0.1) is 0 Å². The van der Waals surface area contributed by atoms with Gasteiger partial charge in [-0.25, -0.2) is 19.9 Å². The van der Waals surface area contributed by atoms with Gasteiger partial charge in [0.1, 0.15) is 24.3 Å². The fraction of sp³-hybridized carbons (Fsp3) is 0.455. The fourth-order valence-electron chi connectivity index (χ4n) is 8.31. The second kappa shape index (κ2) is 19.2. The van der Waals surface area contributed by atoms with Crippen LogP contribution in [0.4, 0.5) is 11.6 Å². The van der Waals surface area contributed by atoms with E-state index in [4.69, 9.17) is 44.1 Å². The summed E-state index contributed by atoms with van der Waals surface area (Å²) in [5.41, 5.74) is 21.2. The zero-order valence-electron chi connectivity index (χ0n) is 33.2. The minimum absolute atomic E-state index is 0. The van der Waals surface area contributed by atoms with Crippen molar-refractivity contribution in [3.8, 4) is 0 Å². The molecule has 310 valence electrons. The lowest BCUT2D eigenvalue weighted by atomic mass is 9.95. The van der Waals surface area contributed by atoms with Crippen molar-refractivity contribution in [2.24, 2.45) is 11.5 Å². The van der Waals surface area contributed by atoms with Gasteiger partial charge in [-0.2, -0.15) is 0 Å². The molecule has 4 N–H and O–H groups in total. The van der Waals surface area contributed by atoms with Crippen LogP contribution in [0.3, 0.4) is 0 Å². The van der Waals surface area contributed by atoms with Crippen molar-refractivity contribution in [3.05, 3.63) is 129 Å². The molecular weight excluding hydrogens is 771 g/mol. The van der Waals surface area contributed by atoms with E-state index in [1.54, 1.807) is 12.7 Å². The Labute approximate surface area is 353 Å². The van der Waals surface area contributed by atoms with Crippen molar-refractivity contribution < 1.29 is 9.47 Å². The highest BCUT2D eigenvalue weighted by Gasteiger charge is 2.34. The SMILES string of the molecule is C.C=C([C@H](CN)c1ccc(Cl)cc1)N1CCN(c2ncnc3c2[C@H](C)OC3)CC1.C=C([C@H](N)Cc1ccc(Cl)cc1)N1CCN(c2ncnc3c2C(C)OC3)[C@@H](C)C1. The van der Waals surface area contributed by atoms with Gasteiger partial charge in [0.2, 0.25) is 0 Å². The molecule has 14 heteroatoms. The van der Waals surface area contributed by atoms with E-state index in [0.717, 1.165) is 113 Å². The normalized spacial score (nSPS) is 21.0. The Balaban J connectivity index is 0.000000192. The molecule has 8 rings (SSSR count). The van der Waals surface area contributed by atoms with Gasteiger partial charge in [-0.05, 0) is 62.6 Å². The molecule has 2 saturated heterocycles. The van der Waals surface area contributed by atoms with Crippen LogP contribution in [0.5, 0.6) is 0 Å². The van der Waals surface area contributed by atoms with E-state index >= 15 is 0 Å². The number of nitrogens with zero attached hydrogens (tertiary/aromatic N) is 8. The topological polar surface area (TPSA) is 135 Å². The summed E-state index contributed by atoms with van der Waals surface area (Å²) in [7, 11) is 0. The minimum Gasteiger partial charge on any atom is -0.371 e. The largest absolute Gasteiger partial charge is 0.371 e. The molecule has 4 aromatic rings. The molecule has 0 saturated carbocycles. The van der Waals surface area contributed by atoms with E-state index < -0.39 is 0 Å². The lowest BCUT2D eigenvalue weighted by Crippen LogP contribution is -2.54. The first kappa shape index (κ1) is 43.3. The van der Waals surface area contributed by atoms with Crippen molar-refractivity contribution in [2.75, 3.05) is 62.2 Å². The molecule has 0 amide bonds. The predicted octanol–water partition coefficient (Wildman–Crippen LogP) is 7.05. The molecule has 6 heterocycles. The van der Waals surface area contributed by atoms with Gasteiger partial charge in [-0.15, -0.1) is 0 Å². The number of hydrogen-bond donors (Lipinski definition) is 2. The number of anilines is 2. The minimum atomic E-state index is -0.119. The number of fused-ring (bicyclic) bond motifs is 2. The lowest BCUT2D eigenvalue weighted by Gasteiger charge is -2.43. The van der Waals surface area contributed by atoms with Crippen molar-refractivity contribution in [3.63, 3.8) is 0 Å². The number of nitrogens with two attached hydrogens (primary N) is 2. The van der Waals surface area contributed by atoms with Gasteiger partial charge < -0.3 is 40.5 Å². The first-order valence-corrected chi connectivity index (χ1v) is 20.5. The summed E-state index contributed by atoms with van der Waals surface area (Å²) in [5.74, 6) is 2.11. The molecule has 58 heavy (non-hydrogen) atoms. The van der Waals surface area contributed by atoms with E-state index in [9.17, 15) is 0 Å². The van der Waals surface area contributed by atoms with E-state index in [0.29, 0.717) is 19.8 Å². The Kier molecular flexibility index (Phi) is 14.3.